The fourth-order valence-corrected chi connectivity index (χ4v) is 2.54. The maximum absolute atomic E-state index is 5.86. The lowest BCUT2D eigenvalue weighted by Crippen LogP contribution is -2.32. The van der Waals surface area contributed by atoms with E-state index in [0.717, 1.165) is 19.6 Å². The molecule has 0 saturated carbocycles. The predicted molar refractivity (Wildman–Crippen MR) is 71.2 cm³/mol. The standard InChI is InChI=1S/C15H23NO/c1-3-10-16-15(14-9-6-11-17-14)13-8-5-4-7-12(13)2/h4-5,7-8,14-16H,3,6,9-11H2,1-2H3. The van der Waals surface area contributed by atoms with Crippen molar-refractivity contribution < 1.29 is 4.74 Å². The first kappa shape index (κ1) is 12.6. The molecule has 0 amide bonds. The van der Waals surface area contributed by atoms with Crippen LogP contribution >= 0.6 is 0 Å². The SMILES string of the molecule is CCCNC(c1ccccc1C)C1CCCO1. The van der Waals surface area contributed by atoms with Gasteiger partial charge in [0.05, 0.1) is 12.1 Å². The molecule has 2 atom stereocenters. The molecule has 2 heteroatoms. The first-order valence-electron chi connectivity index (χ1n) is 6.73. The van der Waals surface area contributed by atoms with Gasteiger partial charge in [0.1, 0.15) is 0 Å². The van der Waals surface area contributed by atoms with Gasteiger partial charge in [-0.15, -0.1) is 0 Å². The number of hydrogen-bond donors (Lipinski definition) is 1. The van der Waals surface area contributed by atoms with Gasteiger partial charge in [0.25, 0.3) is 0 Å². The maximum atomic E-state index is 5.86. The van der Waals surface area contributed by atoms with Crippen molar-refractivity contribution in [2.24, 2.45) is 0 Å². The monoisotopic (exact) mass is 233 g/mol. The van der Waals surface area contributed by atoms with E-state index in [1.165, 1.54) is 24.0 Å². The van der Waals surface area contributed by atoms with Gasteiger partial charge < -0.3 is 10.1 Å². The summed E-state index contributed by atoms with van der Waals surface area (Å²) in [4.78, 5) is 0. The zero-order chi connectivity index (χ0) is 12.1. The molecule has 17 heavy (non-hydrogen) atoms. The minimum atomic E-state index is 0.350. The van der Waals surface area contributed by atoms with Crippen molar-refractivity contribution in [3.05, 3.63) is 35.4 Å². The van der Waals surface area contributed by atoms with Crippen LogP contribution in [0.2, 0.25) is 0 Å². The van der Waals surface area contributed by atoms with Crippen molar-refractivity contribution in [2.45, 2.75) is 45.3 Å². The topological polar surface area (TPSA) is 21.3 Å². The molecule has 1 aromatic rings. The number of ether oxygens (including phenoxy) is 1. The summed E-state index contributed by atoms with van der Waals surface area (Å²) in [5.41, 5.74) is 2.75. The van der Waals surface area contributed by atoms with Crippen LogP contribution in [-0.2, 0) is 4.74 Å². The van der Waals surface area contributed by atoms with Gasteiger partial charge in [-0.05, 0) is 43.9 Å². The van der Waals surface area contributed by atoms with Gasteiger partial charge >= 0.3 is 0 Å². The van der Waals surface area contributed by atoms with Crippen LogP contribution in [0.3, 0.4) is 0 Å². The zero-order valence-corrected chi connectivity index (χ0v) is 10.9. The van der Waals surface area contributed by atoms with E-state index in [-0.39, 0.29) is 0 Å². The zero-order valence-electron chi connectivity index (χ0n) is 10.9. The number of nitrogens with one attached hydrogen (secondary N) is 1. The van der Waals surface area contributed by atoms with Gasteiger partial charge in [-0.25, -0.2) is 0 Å². The van der Waals surface area contributed by atoms with Crippen LogP contribution < -0.4 is 5.32 Å². The maximum Gasteiger partial charge on any atom is 0.0770 e. The third kappa shape index (κ3) is 3.08. The molecule has 1 fully saturated rings. The van der Waals surface area contributed by atoms with Crippen LogP contribution in [0, 0.1) is 6.92 Å². The number of rotatable bonds is 5. The highest BCUT2D eigenvalue weighted by molar-refractivity contribution is 5.29. The normalized spacial score (nSPS) is 21.6. The van der Waals surface area contributed by atoms with Crippen molar-refractivity contribution in [3.8, 4) is 0 Å². The smallest absolute Gasteiger partial charge is 0.0770 e. The Labute approximate surface area is 104 Å². The number of aryl methyl sites for hydroxylation is 1. The van der Waals surface area contributed by atoms with Gasteiger partial charge in [0.2, 0.25) is 0 Å². The van der Waals surface area contributed by atoms with Crippen LogP contribution in [0.4, 0.5) is 0 Å². The molecule has 1 aliphatic rings. The van der Waals surface area contributed by atoms with Crippen LogP contribution in [0.25, 0.3) is 0 Å². The van der Waals surface area contributed by atoms with Crippen molar-refractivity contribution in [1.29, 1.82) is 0 Å². The quantitative estimate of drug-likeness (QED) is 0.843. The second-order valence-electron chi connectivity index (χ2n) is 4.84. The van der Waals surface area contributed by atoms with E-state index >= 15 is 0 Å². The Morgan fingerprint density at radius 3 is 2.88 bits per heavy atom. The van der Waals surface area contributed by atoms with Gasteiger partial charge in [-0.3, -0.25) is 0 Å². The molecule has 0 spiro atoms. The van der Waals surface area contributed by atoms with E-state index < -0.39 is 0 Å². The second-order valence-corrected chi connectivity index (χ2v) is 4.84. The molecule has 2 unspecified atom stereocenters. The molecule has 1 saturated heterocycles. The minimum absolute atomic E-state index is 0.350. The van der Waals surface area contributed by atoms with E-state index in [1.54, 1.807) is 0 Å². The van der Waals surface area contributed by atoms with Crippen LogP contribution in [-0.4, -0.2) is 19.3 Å². The second kappa shape index (κ2) is 6.18. The van der Waals surface area contributed by atoms with Crippen molar-refractivity contribution in [1.82, 2.24) is 5.32 Å². The molecule has 0 aromatic heterocycles. The molecule has 1 aromatic carbocycles. The summed E-state index contributed by atoms with van der Waals surface area (Å²) in [5, 5.41) is 3.64. The predicted octanol–water partition coefficient (Wildman–Crippen LogP) is 3.21. The number of benzene rings is 1. The van der Waals surface area contributed by atoms with Crippen LogP contribution in [0.1, 0.15) is 43.4 Å². The van der Waals surface area contributed by atoms with Crippen LogP contribution in [0.15, 0.2) is 24.3 Å². The molecule has 2 nitrogen and oxygen atoms in total. The summed E-state index contributed by atoms with van der Waals surface area (Å²) >= 11 is 0. The minimum Gasteiger partial charge on any atom is -0.376 e. The van der Waals surface area contributed by atoms with E-state index in [0.29, 0.717) is 12.1 Å². The van der Waals surface area contributed by atoms with Gasteiger partial charge in [-0.1, -0.05) is 31.2 Å². The molecular weight excluding hydrogens is 210 g/mol. The van der Waals surface area contributed by atoms with Crippen molar-refractivity contribution in [2.75, 3.05) is 13.2 Å². The van der Waals surface area contributed by atoms with Crippen LogP contribution in [0.5, 0.6) is 0 Å². The van der Waals surface area contributed by atoms with Crippen molar-refractivity contribution in [3.63, 3.8) is 0 Å². The third-order valence-electron chi connectivity index (χ3n) is 3.47. The first-order chi connectivity index (χ1) is 8.33. The Hall–Kier alpha value is -0.860. The molecule has 94 valence electrons. The summed E-state index contributed by atoms with van der Waals surface area (Å²) in [6.45, 7) is 6.36. The molecule has 1 N–H and O–H groups in total. The summed E-state index contributed by atoms with van der Waals surface area (Å²) in [6, 6.07) is 9.00. The lowest BCUT2D eigenvalue weighted by atomic mass is 9.95. The lowest BCUT2D eigenvalue weighted by molar-refractivity contribution is 0.0781. The first-order valence-corrected chi connectivity index (χ1v) is 6.73. The lowest BCUT2D eigenvalue weighted by Gasteiger charge is -2.26. The van der Waals surface area contributed by atoms with E-state index in [2.05, 4.69) is 43.4 Å². The van der Waals surface area contributed by atoms with Gasteiger partial charge in [0.15, 0.2) is 0 Å². The Balaban J connectivity index is 2.16. The largest absolute Gasteiger partial charge is 0.376 e. The van der Waals surface area contributed by atoms with E-state index in [1.807, 2.05) is 0 Å². The molecule has 2 rings (SSSR count). The van der Waals surface area contributed by atoms with Gasteiger partial charge in [0, 0.05) is 6.61 Å². The molecule has 1 heterocycles. The third-order valence-corrected chi connectivity index (χ3v) is 3.47. The van der Waals surface area contributed by atoms with Gasteiger partial charge in [-0.2, -0.15) is 0 Å². The fraction of sp³-hybridized carbons (Fsp3) is 0.600. The molecule has 1 aliphatic heterocycles. The summed E-state index contributed by atoms with van der Waals surface area (Å²) in [6.07, 6.45) is 3.88. The molecule has 0 aliphatic carbocycles. The van der Waals surface area contributed by atoms with E-state index in [4.69, 9.17) is 4.74 Å². The highest BCUT2D eigenvalue weighted by atomic mass is 16.5. The van der Waals surface area contributed by atoms with Crippen molar-refractivity contribution >= 4 is 0 Å². The molecular formula is C15H23NO. The number of hydrogen-bond acceptors (Lipinski definition) is 2. The average Bonchev–Trinajstić information content (AvgIpc) is 2.85. The molecule has 0 bridgehead atoms. The Bertz CT molecular complexity index is 345. The summed E-state index contributed by atoms with van der Waals surface area (Å²) in [7, 11) is 0. The Morgan fingerprint density at radius 2 is 2.24 bits per heavy atom. The highest BCUT2D eigenvalue weighted by Crippen LogP contribution is 2.28. The Morgan fingerprint density at radius 1 is 1.41 bits per heavy atom. The molecule has 0 radical (unpaired) electrons. The average molecular weight is 233 g/mol. The highest BCUT2D eigenvalue weighted by Gasteiger charge is 2.27. The Kier molecular flexibility index (Phi) is 4.57. The fourth-order valence-electron chi connectivity index (χ4n) is 2.54. The summed E-state index contributed by atoms with van der Waals surface area (Å²) in [5.74, 6) is 0. The van der Waals surface area contributed by atoms with E-state index in [9.17, 15) is 0 Å². The summed E-state index contributed by atoms with van der Waals surface area (Å²) < 4.78 is 5.86.